The molecule has 5 nitrogen and oxygen atoms in total. The minimum absolute atomic E-state index is 0.0954. The first-order chi connectivity index (χ1) is 54.5. The first kappa shape index (κ1) is 65.5. The molecule has 18 aromatic rings. The number of fused-ring (bicyclic) bond motifs is 16. The predicted molar refractivity (Wildman–Crippen MR) is 457 cm³/mol. The summed E-state index contributed by atoms with van der Waals surface area (Å²) in [5, 5.41) is 4.76. The molecule has 2 spiro atoms. The summed E-state index contributed by atoms with van der Waals surface area (Å²) >= 11 is 1.91. The number of benzene rings is 14. The minimum Gasteiger partial charge on any atom is -0.455 e. The number of hydrogen-bond donors (Lipinski definition) is 0. The topological polar surface area (TPSA) is 64.7 Å². The van der Waals surface area contributed by atoms with Gasteiger partial charge in [-0.3, -0.25) is 0 Å². The van der Waals surface area contributed by atoms with E-state index in [4.69, 9.17) is 24.4 Å². The van der Waals surface area contributed by atoms with Crippen LogP contribution < -0.4 is 0 Å². The van der Waals surface area contributed by atoms with E-state index in [0.29, 0.717) is 5.82 Å². The van der Waals surface area contributed by atoms with Crippen LogP contribution in [0.25, 0.3) is 177 Å². The van der Waals surface area contributed by atoms with Crippen molar-refractivity contribution in [2.24, 2.45) is 0 Å². The molecule has 0 unspecified atom stereocenters. The maximum Gasteiger partial charge on any atom is 0.160 e. The van der Waals surface area contributed by atoms with Crippen molar-refractivity contribution in [1.29, 1.82) is 0 Å². The fraction of sp³-hybridized carbons (Fsp3) is 0.115. The van der Waals surface area contributed by atoms with E-state index in [0.717, 1.165) is 89.5 Å². The molecule has 0 bridgehead atoms. The number of nitrogens with zero attached hydrogens (tertiary/aromatic N) is 4. The van der Waals surface area contributed by atoms with Gasteiger partial charge in [0.1, 0.15) is 11.2 Å². The second-order valence-electron chi connectivity index (χ2n) is 30.3. The van der Waals surface area contributed by atoms with Crippen LogP contribution in [0.1, 0.15) is 86.5 Å². The summed E-state index contributed by atoms with van der Waals surface area (Å²) in [5.41, 5.74) is 33.1. The highest BCUT2D eigenvalue weighted by molar-refractivity contribution is 7.26. The van der Waals surface area contributed by atoms with E-state index in [1.54, 1.807) is 0 Å². The maximum absolute atomic E-state index is 7.10. The Morgan fingerprint density at radius 1 is 0.236 bits per heavy atom. The zero-order chi connectivity index (χ0) is 72.7. The Labute approximate surface area is 645 Å². The van der Waals surface area contributed by atoms with Gasteiger partial charge in [-0.05, 0) is 134 Å². The van der Waals surface area contributed by atoms with E-state index in [-0.39, 0.29) is 10.8 Å². The molecule has 0 radical (unpaired) electrons. The Hall–Kier alpha value is -12.7. The molecular weight excluding hydrogens is 1350 g/mol. The van der Waals surface area contributed by atoms with Crippen LogP contribution in [0.3, 0.4) is 0 Å². The highest BCUT2D eigenvalue weighted by Crippen LogP contribution is 2.61. The van der Waals surface area contributed by atoms with E-state index in [1.807, 2.05) is 41.7 Å². The summed E-state index contributed by atoms with van der Waals surface area (Å²) in [6, 6.07) is 123. The largest absolute Gasteiger partial charge is 0.455 e. The van der Waals surface area contributed by atoms with Gasteiger partial charge < -0.3 is 4.42 Å². The van der Waals surface area contributed by atoms with Gasteiger partial charge in [-0.15, -0.1) is 11.3 Å². The maximum atomic E-state index is 7.10. The van der Waals surface area contributed by atoms with Gasteiger partial charge in [-0.25, -0.2) is 19.9 Å². The lowest BCUT2D eigenvalue weighted by Gasteiger charge is -2.36. The molecule has 110 heavy (non-hydrogen) atoms. The Morgan fingerprint density at radius 2 is 0.591 bits per heavy atom. The van der Waals surface area contributed by atoms with Crippen LogP contribution in [0.5, 0.6) is 0 Å². The zero-order valence-electron chi connectivity index (χ0n) is 61.0. The number of para-hydroxylation sites is 2. The molecule has 4 aliphatic rings. The van der Waals surface area contributed by atoms with Crippen molar-refractivity contribution in [3.63, 3.8) is 0 Å². The molecule has 4 heterocycles. The summed E-state index contributed by atoms with van der Waals surface area (Å²) < 4.78 is 9.74. The van der Waals surface area contributed by atoms with Gasteiger partial charge in [0, 0.05) is 86.3 Å². The lowest BCUT2D eigenvalue weighted by molar-refractivity contribution is 0.353. The monoisotopic (exact) mass is 1430 g/mol. The van der Waals surface area contributed by atoms with Crippen molar-refractivity contribution in [2.75, 3.05) is 0 Å². The number of aromatic nitrogens is 4. The number of thiophene rings is 1. The highest BCUT2D eigenvalue weighted by atomic mass is 32.1. The minimum atomic E-state index is 0.0954. The second kappa shape index (κ2) is 27.2. The number of hydrogen-bond acceptors (Lipinski definition) is 6. The van der Waals surface area contributed by atoms with E-state index in [1.165, 1.54) is 168 Å². The van der Waals surface area contributed by atoms with Gasteiger partial charge >= 0.3 is 0 Å². The average Bonchev–Trinajstić information content (AvgIpc) is 1.56. The normalized spacial score (nSPS) is 14.3. The lowest BCUT2D eigenvalue weighted by Crippen LogP contribution is -2.27. The van der Waals surface area contributed by atoms with Crippen LogP contribution in [0.2, 0.25) is 0 Å². The van der Waals surface area contributed by atoms with Gasteiger partial charge in [-0.1, -0.05) is 348 Å². The summed E-state index contributed by atoms with van der Waals surface area (Å²) in [5.74, 6) is 1.41. The zero-order valence-corrected chi connectivity index (χ0v) is 61.8. The van der Waals surface area contributed by atoms with Crippen molar-refractivity contribution >= 4 is 53.4 Å². The molecule has 0 atom stereocenters. The van der Waals surface area contributed by atoms with Gasteiger partial charge in [0.05, 0.1) is 22.8 Å². The fourth-order valence-corrected chi connectivity index (χ4v) is 20.3. The van der Waals surface area contributed by atoms with Crippen molar-refractivity contribution in [3.05, 3.63) is 362 Å². The molecule has 0 amide bonds. The van der Waals surface area contributed by atoms with Crippen molar-refractivity contribution in [1.82, 2.24) is 19.9 Å². The quantitative estimate of drug-likeness (QED) is 0.137. The smallest absolute Gasteiger partial charge is 0.160 e. The molecule has 4 aromatic heterocycles. The Morgan fingerprint density at radius 3 is 1.11 bits per heavy atom. The third-order valence-corrected chi connectivity index (χ3v) is 25.5. The SMILES string of the molecule is c1ccc(-c2ccc(-c3cc(-c4ccc5sc6c(-c7cccc8c7-c7ccccc7C87CCCCC7)cccc6c5c4)nc(-c4ccccc4)n3)cc2)cc1.c1ccc(-c2ccc(-c3cc(-c4cccc5c4oc4c(-c6cccc7c6-c6ccccc6C76CCCCC6)cccc45)nc(-c4ccccc4)n3)cc2)cc1. The summed E-state index contributed by atoms with van der Waals surface area (Å²) in [4.78, 5) is 20.7. The molecule has 22 rings (SSSR count). The van der Waals surface area contributed by atoms with Crippen molar-refractivity contribution < 1.29 is 4.42 Å². The van der Waals surface area contributed by atoms with E-state index >= 15 is 0 Å². The van der Waals surface area contributed by atoms with Gasteiger partial charge in [0.2, 0.25) is 0 Å². The van der Waals surface area contributed by atoms with Crippen LogP contribution in [-0.2, 0) is 10.8 Å². The molecule has 4 aliphatic carbocycles. The van der Waals surface area contributed by atoms with Crippen LogP contribution >= 0.6 is 11.3 Å². The van der Waals surface area contributed by atoms with E-state index < -0.39 is 0 Å². The molecule has 6 heteroatoms. The van der Waals surface area contributed by atoms with Gasteiger partial charge in [-0.2, -0.15) is 0 Å². The van der Waals surface area contributed by atoms with Crippen LogP contribution in [-0.4, -0.2) is 19.9 Å². The molecular formula is C104H76N4OS. The Balaban J connectivity index is 0.000000140. The Bertz CT molecular complexity index is 6560. The Kier molecular flexibility index (Phi) is 16.2. The summed E-state index contributed by atoms with van der Waals surface area (Å²) in [7, 11) is 0. The summed E-state index contributed by atoms with van der Waals surface area (Å²) in [6.07, 6.45) is 12.7. The van der Waals surface area contributed by atoms with Crippen molar-refractivity contribution in [3.8, 4) is 135 Å². The first-order valence-electron chi connectivity index (χ1n) is 39.1. The van der Waals surface area contributed by atoms with Crippen molar-refractivity contribution in [2.45, 2.75) is 75.0 Å². The molecule has 0 saturated heterocycles. The second-order valence-corrected chi connectivity index (χ2v) is 31.4. The molecule has 0 aliphatic heterocycles. The van der Waals surface area contributed by atoms with Gasteiger partial charge in [0.15, 0.2) is 11.6 Å². The lowest BCUT2D eigenvalue weighted by atomic mass is 9.68. The van der Waals surface area contributed by atoms with E-state index in [9.17, 15) is 0 Å². The fourth-order valence-electron chi connectivity index (χ4n) is 19.1. The summed E-state index contributed by atoms with van der Waals surface area (Å²) in [6.45, 7) is 0. The number of rotatable bonds is 10. The third-order valence-electron chi connectivity index (χ3n) is 24.3. The molecule has 14 aromatic carbocycles. The molecule has 2 saturated carbocycles. The highest BCUT2D eigenvalue weighted by Gasteiger charge is 2.46. The molecule has 0 N–H and O–H groups in total. The predicted octanol–water partition coefficient (Wildman–Crippen LogP) is 28.4. The van der Waals surface area contributed by atoms with Crippen LogP contribution in [0.4, 0.5) is 0 Å². The van der Waals surface area contributed by atoms with E-state index in [2.05, 4.69) is 309 Å². The third kappa shape index (κ3) is 11.1. The van der Waals surface area contributed by atoms with Gasteiger partial charge in [0.25, 0.3) is 0 Å². The molecule has 524 valence electrons. The average molecular weight is 1430 g/mol. The number of furan rings is 1. The molecule has 2 fully saturated rings. The van der Waals surface area contributed by atoms with Crippen LogP contribution in [0, 0.1) is 0 Å². The standard InChI is InChI=1S/C52H38N2O.C52H38N2S/c1-4-15-34(16-5-1)35-27-29-36(30-28-35)46-33-47(54-51(53-46)37-17-6-2-7-18-37)43-24-13-23-41-40-22-12-21-39(49(40)55-50(41)43)38-20-14-26-45-48(38)42-19-8-9-25-44(42)52(45)31-10-3-11-32-52;1-4-14-34(15-5-1)35-24-26-36(27-25-35)46-33-47(54-51(53-46)37-16-6-2-7-17-37)38-28-29-48-43(32-38)41-21-12-20-40(50(41)55-48)39-19-13-23-45-49(39)42-18-8-9-22-44(42)52(45)30-10-3-11-31-52/h1-2,4-9,12-30,33H,3,10-11,31-32H2;1-2,4-9,12-29,32-33H,3,10-11,30-31H2. The first-order valence-corrected chi connectivity index (χ1v) is 39.9. The van der Waals surface area contributed by atoms with Crippen LogP contribution in [0.15, 0.2) is 344 Å².